The fourth-order valence-electron chi connectivity index (χ4n) is 1.81. The fraction of sp³-hybridized carbons (Fsp3) is 0.308. The Kier molecular flexibility index (Phi) is 4.79. The maximum atomic E-state index is 12.1. The molecule has 102 valence electrons. The van der Waals surface area contributed by atoms with Crippen LogP contribution in [0.15, 0.2) is 22.7 Å². The molecule has 0 bridgehead atoms. The Morgan fingerprint density at radius 1 is 1.42 bits per heavy atom. The molecule has 0 fully saturated rings. The van der Waals surface area contributed by atoms with Crippen LogP contribution in [0.1, 0.15) is 16.1 Å². The number of hydrogen-bond donors (Lipinski definition) is 3. The Morgan fingerprint density at radius 3 is 2.95 bits per heavy atom. The Balaban J connectivity index is 2.15. The molecular weight excluding hydrogens is 326 g/mol. The number of nitrogen functional groups attached to an aromatic ring is 1. The van der Waals surface area contributed by atoms with Gasteiger partial charge in [-0.2, -0.15) is 0 Å². The highest BCUT2D eigenvalue weighted by atomic mass is 79.9. The molecule has 0 saturated heterocycles. The van der Waals surface area contributed by atoms with Crippen molar-refractivity contribution in [1.82, 2.24) is 10.6 Å². The lowest BCUT2D eigenvalue weighted by atomic mass is 10.2. The minimum Gasteiger partial charge on any atom is -0.397 e. The van der Waals surface area contributed by atoms with E-state index in [1.807, 2.05) is 25.2 Å². The standard InChI is InChI=1S/C13H16BrN3OS/c1-16-5-2-6-17-13(18)12-11(15)9-4-3-8(14)7-10(9)19-12/h3-4,7,16H,2,5-6,15H2,1H3,(H,17,18). The van der Waals surface area contributed by atoms with Gasteiger partial charge in [-0.05, 0) is 32.1 Å². The SMILES string of the molecule is CNCCCNC(=O)c1sc2cc(Br)ccc2c1N. The lowest BCUT2D eigenvalue weighted by Crippen LogP contribution is -2.26. The zero-order valence-corrected chi connectivity index (χ0v) is 13.0. The number of nitrogens with one attached hydrogen (secondary N) is 2. The number of hydrogen-bond acceptors (Lipinski definition) is 4. The Hall–Kier alpha value is -1.11. The fourth-order valence-corrected chi connectivity index (χ4v) is 3.40. The predicted octanol–water partition coefficient (Wildman–Crippen LogP) is 2.59. The topological polar surface area (TPSA) is 67.1 Å². The predicted molar refractivity (Wildman–Crippen MR) is 84.8 cm³/mol. The third-order valence-corrected chi connectivity index (χ3v) is 4.45. The molecule has 0 aliphatic heterocycles. The monoisotopic (exact) mass is 341 g/mol. The number of benzene rings is 1. The van der Waals surface area contributed by atoms with Crippen LogP contribution in [-0.2, 0) is 0 Å². The molecule has 0 atom stereocenters. The second-order valence-corrected chi connectivity index (χ2v) is 6.17. The molecule has 0 unspecified atom stereocenters. The summed E-state index contributed by atoms with van der Waals surface area (Å²) in [6.45, 7) is 1.53. The molecular formula is C13H16BrN3OS. The van der Waals surface area contributed by atoms with E-state index < -0.39 is 0 Å². The van der Waals surface area contributed by atoms with Gasteiger partial charge in [0, 0.05) is 21.1 Å². The van der Waals surface area contributed by atoms with Crippen LogP contribution in [0.25, 0.3) is 10.1 Å². The number of amides is 1. The van der Waals surface area contributed by atoms with Gasteiger partial charge >= 0.3 is 0 Å². The highest BCUT2D eigenvalue weighted by Crippen LogP contribution is 2.35. The second kappa shape index (κ2) is 6.36. The largest absolute Gasteiger partial charge is 0.397 e. The number of rotatable bonds is 5. The number of halogens is 1. The van der Waals surface area contributed by atoms with Crippen LogP contribution in [-0.4, -0.2) is 26.0 Å². The maximum absolute atomic E-state index is 12.1. The minimum atomic E-state index is -0.0917. The van der Waals surface area contributed by atoms with Crippen LogP contribution in [0, 0.1) is 0 Å². The van der Waals surface area contributed by atoms with Gasteiger partial charge in [0.1, 0.15) is 4.88 Å². The normalized spacial score (nSPS) is 10.8. The number of carbonyl (C=O) groups is 1. The molecule has 0 saturated carbocycles. The molecule has 19 heavy (non-hydrogen) atoms. The van der Waals surface area contributed by atoms with Crippen LogP contribution in [0.5, 0.6) is 0 Å². The van der Waals surface area contributed by atoms with E-state index in [0.717, 1.165) is 27.5 Å². The number of nitrogens with two attached hydrogens (primary N) is 1. The highest BCUT2D eigenvalue weighted by molar-refractivity contribution is 9.10. The molecule has 4 N–H and O–H groups in total. The van der Waals surface area contributed by atoms with Crippen LogP contribution in [0.2, 0.25) is 0 Å². The molecule has 2 rings (SSSR count). The minimum absolute atomic E-state index is 0.0917. The van der Waals surface area contributed by atoms with E-state index in [2.05, 4.69) is 26.6 Å². The van der Waals surface area contributed by atoms with Gasteiger partial charge in [-0.25, -0.2) is 0 Å². The number of fused-ring (bicyclic) bond motifs is 1. The van der Waals surface area contributed by atoms with Crippen molar-refractivity contribution in [3.8, 4) is 0 Å². The van der Waals surface area contributed by atoms with Crippen molar-refractivity contribution in [1.29, 1.82) is 0 Å². The van der Waals surface area contributed by atoms with Crippen molar-refractivity contribution in [3.05, 3.63) is 27.5 Å². The van der Waals surface area contributed by atoms with E-state index >= 15 is 0 Å². The summed E-state index contributed by atoms with van der Waals surface area (Å²) >= 11 is 4.85. The van der Waals surface area contributed by atoms with Gasteiger partial charge < -0.3 is 16.4 Å². The summed E-state index contributed by atoms with van der Waals surface area (Å²) in [6, 6.07) is 5.84. The highest BCUT2D eigenvalue weighted by Gasteiger charge is 2.15. The van der Waals surface area contributed by atoms with Crippen molar-refractivity contribution in [3.63, 3.8) is 0 Å². The molecule has 6 heteroatoms. The molecule has 4 nitrogen and oxygen atoms in total. The zero-order valence-electron chi connectivity index (χ0n) is 10.6. The van der Waals surface area contributed by atoms with E-state index in [1.165, 1.54) is 11.3 Å². The van der Waals surface area contributed by atoms with Crippen molar-refractivity contribution in [2.24, 2.45) is 0 Å². The van der Waals surface area contributed by atoms with Gasteiger partial charge in [-0.15, -0.1) is 11.3 Å². The number of thiophene rings is 1. The van der Waals surface area contributed by atoms with Crippen molar-refractivity contribution >= 4 is 48.9 Å². The summed E-state index contributed by atoms with van der Waals surface area (Å²) < 4.78 is 2.01. The van der Waals surface area contributed by atoms with Crippen molar-refractivity contribution < 1.29 is 4.79 Å². The first-order valence-corrected chi connectivity index (χ1v) is 7.64. The summed E-state index contributed by atoms with van der Waals surface area (Å²) in [4.78, 5) is 12.7. The van der Waals surface area contributed by atoms with Crippen LogP contribution < -0.4 is 16.4 Å². The molecule has 0 aliphatic carbocycles. The molecule has 1 aromatic heterocycles. The molecule has 1 aromatic carbocycles. The first-order valence-electron chi connectivity index (χ1n) is 6.04. The Labute approximate surface area is 124 Å². The third-order valence-electron chi connectivity index (χ3n) is 2.79. The smallest absolute Gasteiger partial charge is 0.263 e. The molecule has 0 aliphatic rings. The zero-order chi connectivity index (χ0) is 13.8. The van der Waals surface area contributed by atoms with Crippen LogP contribution in [0.3, 0.4) is 0 Å². The molecule has 0 radical (unpaired) electrons. The summed E-state index contributed by atoms with van der Waals surface area (Å²) in [6.07, 6.45) is 0.901. The van der Waals surface area contributed by atoms with Crippen molar-refractivity contribution in [2.45, 2.75) is 6.42 Å². The maximum Gasteiger partial charge on any atom is 0.263 e. The molecule has 1 heterocycles. The average Bonchev–Trinajstić information content (AvgIpc) is 2.71. The van der Waals surface area contributed by atoms with E-state index in [1.54, 1.807) is 0 Å². The van der Waals surface area contributed by atoms with Crippen molar-refractivity contribution in [2.75, 3.05) is 25.9 Å². The molecule has 0 spiro atoms. The molecule has 2 aromatic rings. The van der Waals surface area contributed by atoms with Gasteiger partial charge in [0.05, 0.1) is 5.69 Å². The lowest BCUT2D eigenvalue weighted by molar-refractivity contribution is 0.0958. The number of carbonyl (C=O) groups excluding carboxylic acids is 1. The van der Waals surface area contributed by atoms with E-state index in [4.69, 9.17) is 5.73 Å². The second-order valence-electron chi connectivity index (χ2n) is 4.20. The Bertz CT molecular complexity index is 597. The van der Waals surface area contributed by atoms with Crippen LogP contribution in [0.4, 0.5) is 5.69 Å². The molecule has 1 amide bonds. The van der Waals surface area contributed by atoms with E-state index in [0.29, 0.717) is 17.1 Å². The summed E-state index contributed by atoms with van der Waals surface area (Å²) in [5.74, 6) is -0.0917. The van der Waals surface area contributed by atoms with Gasteiger partial charge in [-0.3, -0.25) is 4.79 Å². The van der Waals surface area contributed by atoms with Gasteiger partial charge in [0.2, 0.25) is 0 Å². The first-order chi connectivity index (χ1) is 9.13. The van der Waals surface area contributed by atoms with Crippen LogP contribution >= 0.6 is 27.3 Å². The average molecular weight is 342 g/mol. The third kappa shape index (κ3) is 3.26. The van der Waals surface area contributed by atoms with E-state index in [9.17, 15) is 4.79 Å². The quantitative estimate of drug-likeness (QED) is 0.732. The summed E-state index contributed by atoms with van der Waals surface area (Å²) in [7, 11) is 1.89. The Morgan fingerprint density at radius 2 is 2.21 bits per heavy atom. The van der Waals surface area contributed by atoms with Gasteiger partial charge in [0.25, 0.3) is 5.91 Å². The van der Waals surface area contributed by atoms with Gasteiger partial charge in [-0.1, -0.05) is 22.0 Å². The number of anilines is 1. The first kappa shape index (κ1) is 14.3. The summed E-state index contributed by atoms with van der Waals surface area (Å²) in [5, 5.41) is 6.87. The lowest BCUT2D eigenvalue weighted by Gasteiger charge is -2.03. The summed E-state index contributed by atoms with van der Waals surface area (Å²) in [5.41, 5.74) is 6.61. The van der Waals surface area contributed by atoms with E-state index in [-0.39, 0.29) is 5.91 Å². The van der Waals surface area contributed by atoms with Gasteiger partial charge in [0.15, 0.2) is 0 Å².